The molecule has 0 aromatic heterocycles. The van der Waals surface area contributed by atoms with E-state index in [4.69, 9.17) is 10.5 Å². The van der Waals surface area contributed by atoms with Crippen molar-refractivity contribution in [3.8, 4) is 0 Å². The Morgan fingerprint density at radius 3 is 2.93 bits per heavy atom. The highest BCUT2D eigenvalue weighted by Crippen LogP contribution is 2.14. The molecule has 2 N–H and O–H groups in total. The van der Waals surface area contributed by atoms with Crippen molar-refractivity contribution >= 4 is 5.91 Å². The Morgan fingerprint density at radius 2 is 2.40 bits per heavy atom. The summed E-state index contributed by atoms with van der Waals surface area (Å²) in [5, 5.41) is 0. The van der Waals surface area contributed by atoms with Crippen molar-refractivity contribution in [3.63, 3.8) is 0 Å². The zero-order valence-electron chi connectivity index (χ0n) is 9.74. The number of hydrogen-bond donors (Lipinski definition) is 1. The van der Waals surface area contributed by atoms with Crippen LogP contribution in [0.2, 0.25) is 0 Å². The molecule has 0 aliphatic carbocycles. The summed E-state index contributed by atoms with van der Waals surface area (Å²) in [5.74, 6) is 0.685. The Hall–Kier alpha value is -0.610. The van der Waals surface area contributed by atoms with Crippen molar-refractivity contribution < 1.29 is 9.53 Å². The van der Waals surface area contributed by atoms with Crippen LogP contribution in [-0.2, 0) is 9.53 Å². The topological polar surface area (TPSA) is 55.6 Å². The molecule has 0 aromatic rings. The van der Waals surface area contributed by atoms with E-state index in [2.05, 4.69) is 6.92 Å². The van der Waals surface area contributed by atoms with E-state index in [1.165, 1.54) is 0 Å². The smallest absolute Gasteiger partial charge is 0.222 e. The second-order valence-electron chi connectivity index (χ2n) is 4.37. The molecular weight excluding hydrogens is 192 g/mol. The molecule has 2 atom stereocenters. The second kappa shape index (κ2) is 6.08. The van der Waals surface area contributed by atoms with Gasteiger partial charge in [-0.25, -0.2) is 0 Å². The number of carbonyl (C=O) groups is 1. The predicted octanol–water partition coefficient (Wildman–Crippen LogP) is 0.609. The molecule has 0 saturated carbocycles. The van der Waals surface area contributed by atoms with Gasteiger partial charge in [0, 0.05) is 26.6 Å². The van der Waals surface area contributed by atoms with Gasteiger partial charge < -0.3 is 15.4 Å². The molecule has 4 heteroatoms. The number of nitrogens with zero attached hydrogens (tertiary/aromatic N) is 1. The van der Waals surface area contributed by atoms with Crippen LogP contribution in [0.4, 0.5) is 0 Å². The van der Waals surface area contributed by atoms with E-state index in [1.54, 1.807) is 7.11 Å². The van der Waals surface area contributed by atoms with Crippen LogP contribution >= 0.6 is 0 Å². The van der Waals surface area contributed by atoms with E-state index in [0.29, 0.717) is 18.9 Å². The fourth-order valence-corrected chi connectivity index (χ4v) is 1.79. The number of amides is 1. The minimum atomic E-state index is 0.237. The molecule has 15 heavy (non-hydrogen) atoms. The summed E-state index contributed by atoms with van der Waals surface area (Å²) in [6, 6.07) is 0. The zero-order valence-corrected chi connectivity index (χ0v) is 9.74. The van der Waals surface area contributed by atoms with Gasteiger partial charge in [-0.1, -0.05) is 6.92 Å². The molecule has 1 fully saturated rings. The first-order valence-corrected chi connectivity index (χ1v) is 5.68. The largest absolute Gasteiger partial charge is 0.380 e. The highest BCUT2D eigenvalue weighted by molar-refractivity contribution is 5.76. The minimum absolute atomic E-state index is 0.237. The summed E-state index contributed by atoms with van der Waals surface area (Å²) >= 11 is 0. The maximum Gasteiger partial charge on any atom is 0.222 e. The first kappa shape index (κ1) is 12.5. The summed E-state index contributed by atoms with van der Waals surface area (Å²) < 4.78 is 5.22. The highest BCUT2D eigenvalue weighted by atomic mass is 16.5. The number of carbonyl (C=O) groups excluding carboxylic acids is 1. The van der Waals surface area contributed by atoms with Gasteiger partial charge in [0.2, 0.25) is 5.91 Å². The van der Waals surface area contributed by atoms with Crippen molar-refractivity contribution in [3.05, 3.63) is 0 Å². The Morgan fingerprint density at radius 1 is 1.67 bits per heavy atom. The third-order valence-electron chi connectivity index (χ3n) is 3.08. The van der Waals surface area contributed by atoms with Gasteiger partial charge in [0.15, 0.2) is 0 Å². The van der Waals surface area contributed by atoms with E-state index >= 15 is 0 Å². The molecule has 2 unspecified atom stereocenters. The average Bonchev–Trinajstić information content (AvgIpc) is 2.73. The van der Waals surface area contributed by atoms with Gasteiger partial charge in [-0.2, -0.15) is 0 Å². The number of likely N-dealkylation sites (tertiary alicyclic amines) is 1. The first-order valence-electron chi connectivity index (χ1n) is 5.68. The van der Waals surface area contributed by atoms with Crippen LogP contribution in [0.25, 0.3) is 0 Å². The lowest BCUT2D eigenvalue weighted by Crippen LogP contribution is -2.30. The van der Waals surface area contributed by atoms with Gasteiger partial charge in [0.25, 0.3) is 0 Å². The van der Waals surface area contributed by atoms with Gasteiger partial charge in [0.1, 0.15) is 0 Å². The number of methoxy groups -OCH3 is 1. The number of hydrogen-bond acceptors (Lipinski definition) is 3. The van der Waals surface area contributed by atoms with Crippen molar-refractivity contribution in [1.82, 2.24) is 4.90 Å². The fraction of sp³-hybridized carbons (Fsp3) is 0.909. The molecule has 1 saturated heterocycles. The fourth-order valence-electron chi connectivity index (χ4n) is 1.79. The highest BCUT2D eigenvalue weighted by Gasteiger charge is 2.25. The molecule has 0 bridgehead atoms. The van der Waals surface area contributed by atoms with Gasteiger partial charge in [0.05, 0.1) is 6.10 Å². The molecule has 1 amide bonds. The van der Waals surface area contributed by atoms with Crippen molar-refractivity contribution in [1.29, 1.82) is 0 Å². The summed E-state index contributed by atoms with van der Waals surface area (Å²) in [5.41, 5.74) is 5.51. The molecule has 1 heterocycles. The molecule has 4 nitrogen and oxygen atoms in total. The van der Waals surface area contributed by atoms with Crippen molar-refractivity contribution in [2.24, 2.45) is 11.7 Å². The summed E-state index contributed by atoms with van der Waals surface area (Å²) in [6.45, 7) is 4.34. The SMILES string of the molecule is COC1CCN(C(=O)CCC(C)CN)C1. The van der Waals surface area contributed by atoms with Crippen LogP contribution in [0, 0.1) is 5.92 Å². The van der Waals surface area contributed by atoms with E-state index in [0.717, 1.165) is 25.9 Å². The molecule has 88 valence electrons. The van der Waals surface area contributed by atoms with E-state index in [9.17, 15) is 4.79 Å². The van der Waals surface area contributed by atoms with Gasteiger partial charge in [-0.05, 0) is 25.3 Å². The Labute approximate surface area is 91.8 Å². The van der Waals surface area contributed by atoms with Crippen LogP contribution in [-0.4, -0.2) is 43.7 Å². The van der Waals surface area contributed by atoms with Crippen LogP contribution in [0.1, 0.15) is 26.2 Å². The Bertz CT molecular complexity index is 209. The van der Waals surface area contributed by atoms with E-state index in [-0.39, 0.29) is 12.0 Å². The number of nitrogens with two attached hydrogens (primary N) is 1. The maximum absolute atomic E-state index is 11.8. The monoisotopic (exact) mass is 214 g/mol. The molecule has 1 rings (SSSR count). The van der Waals surface area contributed by atoms with E-state index < -0.39 is 0 Å². The van der Waals surface area contributed by atoms with E-state index in [1.807, 2.05) is 4.90 Å². The summed E-state index contributed by atoms with van der Waals surface area (Å²) in [4.78, 5) is 13.7. The van der Waals surface area contributed by atoms with Crippen LogP contribution in [0.15, 0.2) is 0 Å². The number of rotatable bonds is 5. The Balaban J connectivity index is 2.23. The summed E-state index contributed by atoms with van der Waals surface area (Å²) in [6.07, 6.45) is 2.72. The zero-order chi connectivity index (χ0) is 11.3. The molecule has 0 radical (unpaired) electrons. The molecular formula is C11H22N2O2. The van der Waals surface area contributed by atoms with Gasteiger partial charge >= 0.3 is 0 Å². The van der Waals surface area contributed by atoms with Gasteiger partial charge in [-0.3, -0.25) is 4.79 Å². The van der Waals surface area contributed by atoms with Crippen molar-refractivity contribution in [2.45, 2.75) is 32.3 Å². The van der Waals surface area contributed by atoms with Gasteiger partial charge in [-0.15, -0.1) is 0 Å². The van der Waals surface area contributed by atoms with Crippen molar-refractivity contribution in [2.75, 3.05) is 26.7 Å². The molecule has 0 aromatic carbocycles. The molecule has 0 spiro atoms. The maximum atomic E-state index is 11.8. The third kappa shape index (κ3) is 3.80. The number of ether oxygens (including phenoxy) is 1. The lowest BCUT2D eigenvalue weighted by atomic mass is 10.1. The van der Waals surface area contributed by atoms with Crippen LogP contribution < -0.4 is 5.73 Å². The first-order chi connectivity index (χ1) is 7.17. The third-order valence-corrected chi connectivity index (χ3v) is 3.08. The van der Waals surface area contributed by atoms with Crippen LogP contribution in [0.5, 0.6) is 0 Å². The quantitative estimate of drug-likeness (QED) is 0.729. The minimum Gasteiger partial charge on any atom is -0.380 e. The lowest BCUT2D eigenvalue weighted by molar-refractivity contribution is -0.130. The molecule has 1 aliphatic heterocycles. The predicted molar refractivity (Wildman–Crippen MR) is 59.4 cm³/mol. The standard InChI is InChI=1S/C11H22N2O2/c1-9(7-12)3-4-11(14)13-6-5-10(8-13)15-2/h9-10H,3-8,12H2,1-2H3. The Kier molecular flexibility index (Phi) is 5.05. The second-order valence-corrected chi connectivity index (χ2v) is 4.37. The van der Waals surface area contributed by atoms with Crippen LogP contribution in [0.3, 0.4) is 0 Å². The average molecular weight is 214 g/mol. The molecule has 1 aliphatic rings. The lowest BCUT2D eigenvalue weighted by Gasteiger charge is -2.17. The normalized spacial score (nSPS) is 23.1. The summed E-state index contributed by atoms with van der Waals surface area (Å²) in [7, 11) is 1.70.